The molecule has 3 nitrogen and oxygen atoms in total. The van der Waals surface area contributed by atoms with Crippen molar-refractivity contribution in [1.29, 1.82) is 0 Å². The maximum Gasteiger partial charge on any atom is 0.288 e. The Morgan fingerprint density at radius 2 is 2.05 bits per heavy atom. The first kappa shape index (κ1) is 14.1. The fourth-order valence-electron chi connectivity index (χ4n) is 1.96. The Kier molecular flexibility index (Phi) is 4.08. The zero-order valence-corrected chi connectivity index (χ0v) is 11.2. The second kappa shape index (κ2) is 5.78. The first-order valence-corrected chi connectivity index (χ1v) is 6.09. The van der Waals surface area contributed by atoms with Gasteiger partial charge < -0.3 is 0 Å². The van der Waals surface area contributed by atoms with Gasteiger partial charge in [0.05, 0.1) is 0 Å². The highest BCUT2D eigenvalue weighted by Crippen LogP contribution is 2.29. The fraction of sp³-hybridized carbons (Fsp3) is 0.0667. The molecule has 0 spiro atoms. The number of amides is 1. The van der Waals surface area contributed by atoms with Crippen LogP contribution >= 0.6 is 11.6 Å². The molecule has 0 aromatic heterocycles. The smallest absolute Gasteiger partial charge is 0.266 e. The van der Waals surface area contributed by atoms with Crippen molar-refractivity contribution in [2.45, 2.75) is 6.92 Å². The van der Waals surface area contributed by atoms with Gasteiger partial charge in [-0.25, -0.2) is 9.18 Å². The van der Waals surface area contributed by atoms with Crippen LogP contribution in [0.4, 0.5) is 4.39 Å². The van der Waals surface area contributed by atoms with Gasteiger partial charge in [0.25, 0.3) is 5.91 Å². The van der Waals surface area contributed by atoms with Crippen LogP contribution in [-0.2, 0) is 4.79 Å². The van der Waals surface area contributed by atoms with Crippen molar-refractivity contribution >= 4 is 23.6 Å². The average molecular weight is 290 g/mol. The summed E-state index contributed by atoms with van der Waals surface area (Å²) in [6.45, 7) is 1.66. The second-order valence-electron chi connectivity index (χ2n) is 4.14. The number of isocyanates is 1. The summed E-state index contributed by atoms with van der Waals surface area (Å²) in [4.78, 5) is 24.8. The van der Waals surface area contributed by atoms with Crippen molar-refractivity contribution < 1.29 is 14.0 Å². The number of halogens is 2. The molecule has 1 amide bonds. The molecule has 0 fully saturated rings. The van der Waals surface area contributed by atoms with E-state index in [2.05, 4.69) is 4.99 Å². The minimum atomic E-state index is -0.819. The number of rotatable bonds is 2. The molecule has 0 heterocycles. The first-order valence-electron chi connectivity index (χ1n) is 5.71. The lowest BCUT2D eigenvalue weighted by molar-refractivity contribution is 0.100. The highest BCUT2D eigenvalue weighted by atomic mass is 35.5. The molecular weight excluding hydrogens is 281 g/mol. The summed E-state index contributed by atoms with van der Waals surface area (Å²) in [5, 5.41) is 0.505. The summed E-state index contributed by atoms with van der Waals surface area (Å²) in [6.07, 6.45) is 1.16. The van der Waals surface area contributed by atoms with Crippen LogP contribution < -0.4 is 0 Å². The van der Waals surface area contributed by atoms with Gasteiger partial charge in [-0.15, -0.1) is 4.99 Å². The molecule has 0 radical (unpaired) electrons. The highest BCUT2D eigenvalue weighted by Gasteiger charge is 2.15. The lowest BCUT2D eigenvalue weighted by Crippen LogP contribution is -2.01. The minimum absolute atomic E-state index is 0.0309. The minimum Gasteiger partial charge on any atom is -0.266 e. The van der Waals surface area contributed by atoms with Crippen LogP contribution in [0, 0.1) is 12.7 Å². The number of benzene rings is 2. The Morgan fingerprint density at radius 3 is 2.70 bits per heavy atom. The molecule has 0 unspecified atom stereocenters. The van der Waals surface area contributed by atoms with Gasteiger partial charge in [0.2, 0.25) is 6.08 Å². The number of carbonyl (C=O) groups is 1. The van der Waals surface area contributed by atoms with Crippen LogP contribution in [0.2, 0.25) is 5.02 Å². The molecule has 0 bridgehead atoms. The van der Waals surface area contributed by atoms with E-state index < -0.39 is 11.7 Å². The number of hydrogen-bond acceptors (Lipinski definition) is 2. The zero-order valence-electron chi connectivity index (χ0n) is 10.5. The Morgan fingerprint density at radius 1 is 1.30 bits per heavy atom. The lowest BCUT2D eigenvalue weighted by atomic mass is 9.96. The summed E-state index contributed by atoms with van der Waals surface area (Å²) in [5.74, 6) is -1.41. The van der Waals surface area contributed by atoms with Crippen LogP contribution in [0.15, 0.2) is 41.4 Å². The van der Waals surface area contributed by atoms with Gasteiger partial charge in [0, 0.05) is 10.6 Å². The van der Waals surface area contributed by atoms with Crippen molar-refractivity contribution in [3.8, 4) is 11.1 Å². The molecule has 20 heavy (non-hydrogen) atoms. The molecule has 0 aliphatic carbocycles. The van der Waals surface area contributed by atoms with E-state index in [4.69, 9.17) is 11.6 Å². The van der Waals surface area contributed by atoms with E-state index in [0.717, 1.165) is 12.1 Å². The number of hydrogen-bond donors (Lipinski definition) is 0. The summed E-state index contributed by atoms with van der Waals surface area (Å²) < 4.78 is 13.7. The SMILES string of the molecule is Cc1c(C(=O)N=C=O)cc(F)cc1-c1cccc(Cl)c1. The number of aliphatic imine (C=N–C) groups is 1. The summed E-state index contributed by atoms with van der Waals surface area (Å²) in [6, 6.07) is 9.20. The topological polar surface area (TPSA) is 46.5 Å². The van der Waals surface area contributed by atoms with E-state index >= 15 is 0 Å². The van der Waals surface area contributed by atoms with E-state index in [0.29, 0.717) is 21.7 Å². The number of carbonyl (C=O) groups excluding carboxylic acids is 2. The zero-order chi connectivity index (χ0) is 14.7. The van der Waals surface area contributed by atoms with Gasteiger partial charge in [-0.2, -0.15) is 0 Å². The first-order chi connectivity index (χ1) is 9.52. The molecule has 2 rings (SSSR count). The van der Waals surface area contributed by atoms with Crippen molar-refractivity contribution in [2.75, 3.05) is 0 Å². The van der Waals surface area contributed by atoms with Crippen LogP contribution in [0.25, 0.3) is 11.1 Å². The van der Waals surface area contributed by atoms with E-state index in [1.54, 1.807) is 31.2 Å². The molecule has 2 aromatic carbocycles. The summed E-state index contributed by atoms with van der Waals surface area (Å²) in [7, 11) is 0. The molecule has 0 aliphatic heterocycles. The van der Waals surface area contributed by atoms with Crippen molar-refractivity contribution in [2.24, 2.45) is 4.99 Å². The van der Waals surface area contributed by atoms with Crippen molar-refractivity contribution in [3.63, 3.8) is 0 Å². The molecule has 100 valence electrons. The van der Waals surface area contributed by atoms with Crippen molar-refractivity contribution in [3.05, 3.63) is 58.4 Å². The molecule has 0 saturated carbocycles. The lowest BCUT2D eigenvalue weighted by Gasteiger charge is -2.10. The Labute approximate surface area is 119 Å². The van der Waals surface area contributed by atoms with Crippen molar-refractivity contribution in [1.82, 2.24) is 0 Å². The van der Waals surface area contributed by atoms with Gasteiger partial charge in [0.1, 0.15) is 5.82 Å². The molecule has 0 aliphatic rings. The van der Waals surface area contributed by atoms with Gasteiger partial charge in [-0.05, 0) is 47.9 Å². The molecule has 5 heteroatoms. The molecule has 0 saturated heterocycles. The van der Waals surface area contributed by atoms with Gasteiger partial charge in [0.15, 0.2) is 0 Å². The second-order valence-corrected chi connectivity index (χ2v) is 4.58. The number of nitrogens with zero attached hydrogens (tertiary/aromatic N) is 1. The highest BCUT2D eigenvalue weighted by molar-refractivity contribution is 6.30. The van der Waals surface area contributed by atoms with Gasteiger partial charge in [-0.1, -0.05) is 23.7 Å². The predicted octanol–water partition coefficient (Wildman–Crippen LogP) is 3.93. The summed E-state index contributed by atoms with van der Waals surface area (Å²) in [5.41, 5.74) is 1.76. The van der Waals surface area contributed by atoms with E-state index in [1.807, 2.05) is 0 Å². The monoisotopic (exact) mass is 289 g/mol. The van der Waals surface area contributed by atoms with Crippen LogP contribution in [-0.4, -0.2) is 12.0 Å². The molecule has 0 N–H and O–H groups in total. The van der Waals surface area contributed by atoms with Gasteiger partial charge in [-0.3, -0.25) is 4.79 Å². The third-order valence-corrected chi connectivity index (χ3v) is 3.12. The van der Waals surface area contributed by atoms with E-state index in [-0.39, 0.29) is 5.56 Å². The van der Waals surface area contributed by atoms with Crippen LogP contribution in [0.5, 0.6) is 0 Å². The molecule has 0 atom stereocenters. The normalized spacial score (nSPS) is 9.95. The maximum atomic E-state index is 13.7. The average Bonchev–Trinajstić information content (AvgIpc) is 2.41. The van der Waals surface area contributed by atoms with Gasteiger partial charge >= 0.3 is 0 Å². The third kappa shape index (κ3) is 2.82. The molecule has 2 aromatic rings. The van der Waals surface area contributed by atoms with Crippen LogP contribution in [0.3, 0.4) is 0 Å². The van der Waals surface area contributed by atoms with E-state index in [1.165, 1.54) is 6.07 Å². The Balaban J connectivity index is 2.66. The maximum absolute atomic E-state index is 13.7. The molecular formula is C15H9ClFNO2. The quantitative estimate of drug-likeness (QED) is 0.621. The van der Waals surface area contributed by atoms with E-state index in [9.17, 15) is 14.0 Å². The Bertz CT molecular complexity index is 737. The predicted molar refractivity (Wildman–Crippen MR) is 74.0 cm³/mol. The van der Waals surface area contributed by atoms with Crippen LogP contribution in [0.1, 0.15) is 15.9 Å². The third-order valence-electron chi connectivity index (χ3n) is 2.89. The summed E-state index contributed by atoms with van der Waals surface area (Å²) >= 11 is 5.91. The Hall–Kier alpha value is -2.29. The fourth-order valence-corrected chi connectivity index (χ4v) is 2.15. The largest absolute Gasteiger partial charge is 0.288 e. The standard InChI is InChI=1S/C15H9ClFNO2/c1-9-13(10-3-2-4-11(16)5-10)6-12(17)7-14(9)15(20)18-8-19/h2-7H,1H3.